The predicted octanol–water partition coefficient (Wildman–Crippen LogP) is 0.977. The van der Waals surface area contributed by atoms with Gasteiger partial charge in [-0.1, -0.05) is 28.7 Å². The monoisotopic (exact) mass is 418 g/mol. The second kappa shape index (κ2) is 9.49. The van der Waals surface area contributed by atoms with E-state index < -0.39 is 10.0 Å². The maximum absolute atomic E-state index is 12.5. The molecule has 1 saturated heterocycles. The molecule has 1 heterocycles. The Kier molecular flexibility index (Phi) is 7.02. The van der Waals surface area contributed by atoms with Gasteiger partial charge in [0.05, 0.1) is 25.1 Å². The second-order valence-electron chi connectivity index (χ2n) is 7.21. The highest BCUT2D eigenvalue weighted by molar-refractivity contribution is 7.89. The summed E-state index contributed by atoms with van der Waals surface area (Å²) in [7, 11) is -1.13. The first-order valence-electron chi connectivity index (χ1n) is 9.73. The summed E-state index contributed by atoms with van der Waals surface area (Å²) in [4.78, 5) is 18.9. The van der Waals surface area contributed by atoms with Gasteiger partial charge in [-0.25, -0.2) is 8.42 Å². The molecule has 29 heavy (non-hydrogen) atoms. The number of carbonyl (C=O) groups is 1. The lowest BCUT2D eigenvalue weighted by Crippen LogP contribution is -3.08. The number of nitrogens with one attached hydrogen (secondary N) is 2. The number of hydrogen-bond donors (Lipinski definition) is 2. The number of quaternary nitrogens is 1. The van der Waals surface area contributed by atoms with E-state index in [0.717, 1.165) is 16.6 Å². The first-order valence-corrected chi connectivity index (χ1v) is 11.2. The quantitative estimate of drug-likeness (QED) is 0.627. The van der Waals surface area contributed by atoms with Crippen molar-refractivity contribution in [3.63, 3.8) is 0 Å². The lowest BCUT2D eigenvalue weighted by Gasteiger charge is -2.16. The largest absolute Gasteiger partial charge is 0.348 e. The molecule has 7 nitrogen and oxygen atoms in total. The molecule has 2 aromatic rings. The minimum atomic E-state index is -3.73. The summed E-state index contributed by atoms with van der Waals surface area (Å²) in [6.45, 7) is 3.82. The minimum absolute atomic E-state index is 0.0670. The Morgan fingerprint density at radius 2 is 1.69 bits per heavy atom. The van der Waals surface area contributed by atoms with Gasteiger partial charge in [0, 0.05) is 37.6 Å². The molecule has 1 amide bonds. The average Bonchev–Trinajstić information content (AvgIpc) is 3.25. The van der Waals surface area contributed by atoms with Crippen molar-refractivity contribution in [2.45, 2.75) is 30.8 Å². The second-order valence-corrected chi connectivity index (χ2v) is 9.14. The van der Waals surface area contributed by atoms with Gasteiger partial charge < -0.3 is 10.2 Å². The number of sulfonamides is 1. The van der Waals surface area contributed by atoms with Crippen molar-refractivity contribution in [3.8, 4) is 0 Å². The van der Waals surface area contributed by atoms with Gasteiger partial charge in [-0.2, -0.15) is 0 Å². The van der Waals surface area contributed by atoms with E-state index in [4.69, 9.17) is 4.84 Å². The van der Waals surface area contributed by atoms with Crippen molar-refractivity contribution < 1.29 is 22.9 Å². The topological polar surface area (TPSA) is 80.1 Å². The first-order chi connectivity index (χ1) is 13.9. The Morgan fingerprint density at radius 3 is 2.31 bits per heavy atom. The maximum Gasteiger partial charge on any atom is 0.264 e. The zero-order valence-corrected chi connectivity index (χ0v) is 17.7. The van der Waals surface area contributed by atoms with Crippen LogP contribution in [-0.2, 0) is 28.0 Å². The van der Waals surface area contributed by atoms with E-state index in [9.17, 15) is 13.2 Å². The van der Waals surface area contributed by atoms with E-state index in [1.165, 1.54) is 69.9 Å². The number of rotatable bonds is 8. The number of hydroxylamine groups is 1. The summed E-state index contributed by atoms with van der Waals surface area (Å²) in [5.41, 5.74) is 2.78. The molecule has 0 unspecified atom stereocenters. The number of likely N-dealkylation sites (tertiary alicyclic amines) is 1. The van der Waals surface area contributed by atoms with Gasteiger partial charge in [0.2, 0.25) is 0 Å². The van der Waals surface area contributed by atoms with E-state index in [-0.39, 0.29) is 10.8 Å². The Labute approximate surface area is 172 Å². The van der Waals surface area contributed by atoms with Crippen LogP contribution in [0.15, 0.2) is 53.4 Å². The third-order valence-electron chi connectivity index (χ3n) is 5.32. The van der Waals surface area contributed by atoms with E-state index in [1.807, 2.05) is 18.2 Å². The standard InChI is InChI=1S/C21H27N3O4S/c1-23(28-2)29(26,27)20-11-9-17(10-12-20)21(25)22-15-18-7-3-4-8-19(18)16-24-13-5-6-14-24/h3-4,7-12H,5-6,13-16H2,1-2H3,(H,22,25)/p+1. The molecule has 1 aliphatic rings. The Balaban J connectivity index is 1.64. The third kappa shape index (κ3) is 5.22. The van der Waals surface area contributed by atoms with Crippen LogP contribution in [0.25, 0.3) is 0 Å². The maximum atomic E-state index is 12.5. The van der Waals surface area contributed by atoms with Crippen LogP contribution in [0.1, 0.15) is 34.3 Å². The molecule has 0 bridgehead atoms. The number of amides is 1. The average molecular weight is 419 g/mol. The van der Waals surface area contributed by atoms with Crippen LogP contribution in [0.4, 0.5) is 0 Å². The number of benzene rings is 2. The number of nitrogens with zero attached hydrogens (tertiary/aromatic N) is 1. The first kappa shape index (κ1) is 21.4. The molecule has 1 fully saturated rings. The van der Waals surface area contributed by atoms with Gasteiger partial charge in [-0.15, -0.1) is 0 Å². The number of hydrogen-bond acceptors (Lipinski definition) is 4. The predicted molar refractivity (Wildman–Crippen MR) is 110 cm³/mol. The fraction of sp³-hybridized carbons (Fsp3) is 0.381. The third-order valence-corrected chi connectivity index (χ3v) is 7.01. The molecule has 156 valence electrons. The molecule has 8 heteroatoms. The van der Waals surface area contributed by atoms with Gasteiger partial charge in [0.1, 0.15) is 6.54 Å². The highest BCUT2D eigenvalue weighted by Crippen LogP contribution is 2.15. The molecule has 3 rings (SSSR count). The Bertz CT molecular complexity index is 939. The Morgan fingerprint density at radius 1 is 1.07 bits per heavy atom. The van der Waals surface area contributed by atoms with Gasteiger partial charge in [0.15, 0.2) is 0 Å². The molecule has 2 N–H and O–H groups in total. The highest BCUT2D eigenvalue weighted by atomic mass is 32.2. The highest BCUT2D eigenvalue weighted by Gasteiger charge is 2.21. The van der Waals surface area contributed by atoms with Gasteiger partial charge in [0.25, 0.3) is 15.9 Å². The summed E-state index contributed by atoms with van der Waals surface area (Å²) in [6, 6.07) is 14.0. The zero-order valence-electron chi connectivity index (χ0n) is 16.8. The molecule has 2 aromatic carbocycles. The van der Waals surface area contributed by atoms with Gasteiger partial charge >= 0.3 is 0 Å². The Hall–Kier alpha value is -2.26. The normalized spacial score (nSPS) is 15.0. The van der Waals surface area contributed by atoms with E-state index in [0.29, 0.717) is 12.1 Å². The molecule has 0 spiro atoms. The van der Waals surface area contributed by atoms with E-state index in [2.05, 4.69) is 11.4 Å². The van der Waals surface area contributed by atoms with Crippen LogP contribution in [0, 0.1) is 0 Å². The summed E-state index contributed by atoms with van der Waals surface area (Å²) in [5.74, 6) is -0.239. The molecule has 0 saturated carbocycles. The van der Waals surface area contributed by atoms with E-state index in [1.54, 1.807) is 4.90 Å². The molecule has 0 atom stereocenters. The van der Waals surface area contributed by atoms with Crippen LogP contribution in [-0.4, -0.2) is 46.0 Å². The smallest absolute Gasteiger partial charge is 0.264 e. The van der Waals surface area contributed by atoms with Crippen molar-refractivity contribution in [1.82, 2.24) is 9.79 Å². The molecular weight excluding hydrogens is 390 g/mol. The van der Waals surface area contributed by atoms with Crippen LogP contribution in [0.2, 0.25) is 0 Å². The summed E-state index contributed by atoms with van der Waals surface area (Å²) in [5, 5.41) is 2.94. The minimum Gasteiger partial charge on any atom is -0.348 e. The lowest BCUT2D eigenvalue weighted by atomic mass is 10.1. The van der Waals surface area contributed by atoms with Crippen LogP contribution in [0.5, 0.6) is 0 Å². The zero-order chi connectivity index (χ0) is 20.9. The number of carbonyl (C=O) groups excluding carboxylic acids is 1. The van der Waals surface area contributed by atoms with Gasteiger partial charge in [-0.3, -0.25) is 9.63 Å². The molecule has 0 radical (unpaired) electrons. The van der Waals surface area contributed by atoms with Crippen molar-refractivity contribution in [2.24, 2.45) is 0 Å². The van der Waals surface area contributed by atoms with Crippen molar-refractivity contribution in [1.29, 1.82) is 0 Å². The van der Waals surface area contributed by atoms with Crippen molar-refractivity contribution in [3.05, 3.63) is 65.2 Å². The summed E-state index contributed by atoms with van der Waals surface area (Å²) in [6.07, 6.45) is 2.56. The fourth-order valence-electron chi connectivity index (χ4n) is 3.53. The molecule has 1 aliphatic heterocycles. The molecule has 0 aromatic heterocycles. The van der Waals surface area contributed by atoms with Crippen LogP contribution >= 0.6 is 0 Å². The molecule has 0 aliphatic carbocycles. The summed E-state index contributed by atoms with van der Waals surface area (Å²) < 4.78 is 25.2. The summed E-state index contributed by atoms with van der Waals surface area (Å²) >= 11 is 0. The molecular formula is C21H28N3O4S+. The SMILES string of the molecule is CON(C)S(=O)(=O)c1ccc(C(=O)NCc2ccccc2C[NH+]2CCCC2)cc1. The fourth-order valence-corrected chi connectivity index (χ4v) is 4.50. The lowest BCUT2D eigenvalue weighted by molar-refractivity contribution is -0.901. The van der Waals surface area contributed by atoms with E-state index >= 15 is 0 Å². The van der Waals surface area contributed by atoms with Crippen LogP contribution < -0.4 is 10.2 Å². The van der Waals surface area contributed by atoms with Crippen LogP contribution in [0.3, 0.4) is 0 Å². The van der Waals surface area contributed by atoms with Crippen molar-refractivity contribution in [2.75, 3.05) is 27.2 Å². The van der Waals surface area contributed by atoms with Crippen molar-refractivity contribution >= 4 is 15.9 Å². The van der Waals surface area contributed by atoms with Gasteiger partial charge in [-0.05, 0) is 29.8 Å².